The summed E-state index contributed by atoms with van der Waals surface area (Å²) in [4.78, 5) is 0. The molecule has 0 unspecified atom stereocenters. The molecule has 86 valence electrons. The van der Waals surface area contributed by atoms with Crippen LogP contribution in [0.5, 0.6) is 0 Å². The molecule has 0 atom stereocenters. The summed E-state index contributed by atoms with van der Waals surface area (Å²) in [5, 5.41) is 2.94. The second kappa shape index (κ2) is 2.90. The Kier molecular flexibility index (Phi) is 1.92. The van der Waals surface area contributed by atoms with Crippen molar-refractivity contribution in [2.24, 2.45) is 11.8 Å². The molecular weight excluding hydrogens is 203 g/mol. The molecule has 15 heavy (non-hydrogen) atoms. The highest BCUT2D eigenvalue weighted by Crippen LogP contribution is 2.53. The minimum Gasteiger partial charge on any atom is -0.300 e. The Labute approximate surface area is 87.4 Å². The Morgan fingerprint density at radius 3 is 1.73 bits per heavy atom. The van der Waals surface area contributed by atoms with Gasteiger partial charge in [-0.25, -0.2) is 0 Å². The van der Waals surface area contributed by atoms with Crippen molar-refractivity contribution in [1.29, 1.82) is 0 Å². The fourth-order valence-electron chi connectivity index (χ4n) is 2.48. The first-order valence-corrected chi connectivity index (χ1v) is 5.86. The smallest absolute Gasteiger partial charge is 0.300 e. The molecule has 0 aromatic rings. The van der Waals surface area contributed by atoms with E-state index >= 15 is 0 Å². The summed E-state index contributed by atoms with van der Waals surface area (Å²) in [6, 6.07) is 0.161. The van der Waals surface area contributed by atoms with Crippen LogP contribution in [0.1, 0.15) is 38.5 Å². The Balaban J connectivity index is 1.67. The fourth-order valence-corrected chi connectivity index (χ4v) is 2.48. The standard InChI is InChI=1S/C11H16F3N/c12-11(13,14)10(5-6-10)15-9(7-1-2-7)8-3-4-8/h7-9,15H,1-6H2. The monoisotopic (exact) mass is 219 g/mol. The zero-order valence-electron chi connectivity index (χ0n) is 8.61. The van der Waals surface area contributed by atoms with Crippen molar-refractivity contribution in [1.82, 2.24) is 5.32 Å². The quantitative estimate of drug-likeness (QED) is 0.766. The fraction of sp³-hybridized carbons (Fsp3) is 1.00. The van der Waals surface area contributed by atoms with Crippen molar-refractivity contribution in [3.8, 4) is 0 Å². The zero-order valence-corrected chi connectivity index (χ0v) is 8.61. The van der Waals surface area contributed by atoms with Gasteiger partial charge in [-0.1, -0.05) is 0 Å². The van der Waals surface area contributed by atoms with Gasteiger partial charge in [0.1, 0.15) is 5.54 Å². The van der Waals surface area contributed by atoms with Gasteiger partial charge in [-0.05, 0) is 50.4 Å². The van der Waals surface area contributed by atoms with Crippen LogP contribution in [-0.4, -0.2) is 17.8 Å². The molecule has 0 aromatic heterocycles. The first kappa shape index (κ1) is 9.94. The predicted octanol–water partition coefficient (Wildman–Crippen LogP) is 2.86. The van der Waals surface area contributed by atoms with Crippen LogP contribution in [0.25, 0.3) is 0 Å². The van der Waals surface area contributed by atoms with Gasteiger partial charge < -0.3 is 5.32 Å². The Bertz CT molecular complexity index is 249. The molecule has 3 fully saturated rings. The molecule has 3 saturated carbocycles. The molecule has 0 aromatic carbocycles. The van der Waals surface area contributed by atoms with Crippen LogP contribution in [0.4, 0.5) is 13.2 Å². The molecule has 0 radical (unpaired) electrons. The molecule has 4 heteroatoms. The lowest BCUT2D eigenvalue weighted by atomic mass is 10.1. The molecule has 0 heterocycles. The van der Waals surface area contributed by atoms with Crippen molar-refractivity contribution >= 4 is 0 Å². The lowest BCUT2D eigenvalue weighted by Gasteiger charge is -2.27. The lowest BCUT2D eigenvalue weighted by Crippen LogP contribution is -2.51. The van der Waals surface area contributed by atoms with Gasteiger partial charge in [-0.3, -0.25) is 0 Å². The summed E-state index contributed by atoms with van der Waals surface area (Å²) in [5.41, 5.74) is -1.50. The second-order valence-electron chi connectivity index (χ2n) is 5.42. The van der Waals surface area contributed by atoms with Crippen molar-refractivity contribution in [3.63, 3.8) is 0 Å². The third-order valence-corrected chi connectivity index (χ3v) is 4.00. The molecule has 3 aliphatic carbocycles. The van der Waals surface area contributed by atoms with E-state index in [0.717, 1.165) is 25.7 Å². The topological polar surface area (TPSA) is 12.0 Å². The first-order valence-electron chi connectivity index (χ1n) is 5.86. The van der Waals surface area contributed by atoms with Gasteiger partial charge in [0.05, 0.1) is 0 Å². The van der Waals surface area contributed by atoms with E-state index in [1.165, 1.54) is 0 Å². The van der Waals surface area contributed by atoms with E-state index in [-0.39, 0.29) is 18.9 Å². The van der Waals surface area contributed by atoms with Gasteiger partial charge in [-0.15, -0.1) is 0 Å². The second-order valence-corrected chi connectivity index (χ2v) is 5.42. The molecule has 3 rings (SSSR count). The Hall–Kier alpha value is -0.250. The van der Waals surface area contributed by atoms with Crippen LogP contribution in [0.2, 0.25) is 0 Å². The molecule has 3 aliphatic rings. The third kappa shape index (κ3) is 1.77. The summed E-state index contributed by atoms with van der Waals surface area (Å²) < 4.78 is 38.3. The van der Waals surface area contributed by atoms with Gasteiger partial charge in [0.2, 0.25) is 0 Å². The molecule has 0 spiro atoms. The lowest BCUT2D eigenvalue weighted by molar-refractivity contribution is -0.168. The highest BCUT2D eigenvalue weighted by molar-refractivity contribution is 5.12. The van der Waals surface area contributed by atoms with Crippen LogP contribution < -0.4 is 5.32 Å². The van der Waals surface area contributed by atoms with E-state index in [9.17, 15) is 13.2 Å². The third-order valence-electron chi connectivity index (χ3n) is 4.00. The number of hydrogen-bond acceptors (Lipinski definition) is 1. The summed E-state index contributed by atoms with van der Waals surface area (Å²) in [7, 11) is 0. The molecule has 0 bridgehead atoms. The van der Waals surface area contributed by atoms with Gasteiger partial charge in [0, 0.05) is 6.04 Å². The summed E-state index contributed by atoms with van der Waals surface area (Å²) in [5.74, 6) is 1.08. The Morgan fingerprint density at radius 1 is 1.00 bits per heavy atom. The van der Waals surface area contributed by atoms with Gasteiger partial charge in [-0.2, -0.15) is 13.2 Å². The van der Waals surface area contributed by atoms with Crippen molar-refractivity contribution in [2.45, 2.75) is 56.3 Å². The van der Waals surface area contributed by atoms with Crippen LogP contribution in [0.15, 0.2) is 0 Å². The van der Waals surface area contributed by atoms with E-state index in [1.807, 2.05) is 0 Å². The predicted molar refractivity (Wildman–Crippen MR) is 50.4 cm³/mol. The number of halogens is 3. The van der Waals surface area contributed by atoms with E-state index in [0.29, 0.717) is 11.8 Å². The van der Waals surface area contributed by atoms with Crippen LogP contribution in [-0.2, 0) is 0 Å². The average molecular weight is 219 g/mol. The average Bonchev–Trinajstić information content (AvgIpc) is 2.91. The van der Waals surface area contributed by atoms with E-state index in [1.54, 1.807) is 0 Å². The van der Waals surface area contributed by atoms with E-state index in [2.05, 4.69) is 5.32 Å². The number of hydrogen-bond donors (Lipinski definition) is 1. The van der Waals surface area contributed by atoms with Crippen LogP contribution in [0, 0.1) is 11.8 Å². The largest absolute Gasteiger partial charge is 0.406 e. The molecule has 1 nitrogen and oxygen atoms in total. The van der Waals surface area contributed by atoms with Crippen LogP contribution >= 0.6 is 0 Å². The van der Waals surface area contributed by atoms with Gasteiger partial charge in [0.15, 0.2) is 0 Å². The SMILES string of the molecule is FC(F)(F)C1(NC(C2CC2)C2CC2)CC1. The number of alkyl halides is 3. The van der Waals surface area contributed by atoms with Crippen LogP contribution in [0.3, 0.4) is 0 Å². The number of rotatable bonds is 4. The zero-order chi connectivity index (χ0) is 10.7. The number of nitrogens with one attached hydrogen (secondary N) is 1. The van der Waals surface area contributed by atoms with E-state index in [4.69, 9.17) is 0 Å². The molecule has 0 aliphatic heterocycles. The van der Waals surface area contributed by atoms with E-state index < -0.39 is 11.7 Å². The molecule has 1 N–H and O–H groups in total. The molecule has 0 saturated heterocycles. The Morgan fingerprint density at radius 2 is 1.47 bits per heavy atom. The van der Waals surface area contributed by atoms with Crippen molar-refractivity contribution in [3.05, 3.63) is 0 Å². The molecular formula is C11H16F3N. The minimum absolute atomic E-state index is 0.161. The van der Waals surface area contributed by atoms with Gasteiger partial charge >= 0.3 is 6.18 Å². The summed E-state index contributed by atoms with van der Waals surface area (Å²) in [6.45, 7) is 0. The van der Waals surface area contributed by atoms with Gasteiger partial charge in [0.25, 0.3) is 0 Å². The maximum absolute atomic E-state index is 12.8. The first-order chi connectivity index (χ1) is 7.02. The minimum atomic E-state index is -4.05. The highest BCUT2D eigenvalue weighted by Gasteiger charge is 2.65. The maximum atomic E-state index is 12.8. The normalized spacial score (nSPS) is 29.6. The van der Waals surface area contributed by atoms with Crippen molar-refractivity contribution < 1.29 is 13.2 Å². The summed E-state index contributed by atoms with van der Waals surface area (Å²) in [6.07, 6.45) is 1.03. The maximum Gasteiger partial charge on any atom is 0.406 e. The van der Waals surface area contributed by atoms with Crippen molar-refractivity contribution in [2.75, 3.05) is 0 Å². The summed E-state index contributed by atoms with van der Waals surface area (Å²) >= 11 is 0. The highest BCUT2D eigenvalue weighted by atomic mass is 19.4. The molecule has 0 amide bonds.